The number of esters is 1. The van der Waals surface area contributed by atoms with Crippen molar-refractivity contribution < 1.29 is 19.1 Å². The summed E-state index contributed by atoms with van der Waals surface area (Å²) in [7, 11) is 2.90. The molecule has 0 saturated heterocycles. The Bertz CT molecular complexity index is 552. The van der Waals surface area contributed by atoms with Crippen LogP contribution in [0.3, 0.4) is 0 Å². The third kappa shape index (κ3) is 4.48. The smallest absolute Gasteiger partial charge is 0.328 e. The van der Waals surface area contributed by atoms with Crippen molar-refractivity contribution in [1.29, 1.82) is 0 Å². The molecule has 1 aromatic carbocycles. The first-order valence-corrected chi connectivity index (χ1v) is 7.31. The van der Waals surface area contributed by atoms with E-state index in [1.165, 1.54) is 7.11 Å². The van der Waals surface area contributed by atoms with Gasteiger partial charge in [-0.15, -0.1) is 0 Å². The molecule has 1 atom stereocenters. The SMILES string of the molecule is COC(=O)C(NC(=O)Cc1c(C)cc(C)cc1OC)C(C)C. The van der Waals surface area contributed by atoms with Crippen LogP contribution in [0.2, 0.25) is 0 Å². The molecule has 1 N–H and O–H groups in total. The summed E-state index contributed by atoms with van der Waals surface area (Å²) in [5, 5.41) is 2.74. The lowest BCUT2D eigenvalue weighted by Crippen LogP contribution is -2.45. The average Bonchev–Trinajstić information content (AvgIpc) is 2.46. The molecule has 1 rings (SSSR count). The van der Waals surface area contributed by atoms with E-state index in [9.17, 15) is 9.59 Å². The normalized spacial score (nSPS) is 12.0. The summed E-state index contributed by atoms with van der Waals surface area (Å²) >= 11 is 0. The molecule has 0 bridgehead atoms. The van der Waals surface area contributed by atoms with Crippen LogP contribution in [0.1, 0.15) is 30.5 Å². The maximum atomic E-state index is 12.3. The molecule has 0 spiro atoms. The van der Waals surface area contributed by atoms with Gasteiger partial charge in [0.25, 0.3) is 0 Å². The molecule has 0 radical (unpaired) electrons. The van der Waals surface area contributed by atoms with Crippen molar-refractivity contribution in [2.45, 2.75) is 40.2 Å². The zero-order valence-corrected chi connectivity index (χ0v) is 14.1. The average molecular weight is 307 g/mol. The molecule has 0 aromatic heterocycles. The number of carbonyl (C=O) groups is 2. The van der Waals surface area contributed by atoms with Crippen molar-refractivity contribution >= 4 is 11.9 Å². The van der Waals surface area contributed by atoms with Crippen LogP contribution in [-0.4, -0.2) is 32.1 Å². The highest BCUT2D eigenvalue weighted by Crippen LogP contribution is 2.24. The Morgan fingerprint density at radius 2 is 1.82 bits per heavy atom. The van der Waals surface area contributed by atoms with Gasteiger partial charge in [-0.05, 0) is 37.0 Å². The molecule has 22 heavy (non-hydrogen) atoms. The van der Waals surface area contributed by atoms with Gasteiger partial charge >= 0.3 is 5.97 Å². The molecule has 0 aliphatic heterocycles. The van der Waals surface area contributed by atoms with Gasteiger partial charge < -0.3 is 14.8 Å². The van der Waals surface area contributed by atoms with Gasteiger partial charge in [0.2, 0.25) is 5.91 Å². The lowest BCUT2D eigenvalue weighted by atomic mass is 10.00. The molecular weight excluding hydrogens is 282 g/mol. The summed E-state index contributed by atoms with van der Waals surface area (Å²) in [4.78, 5) is 24.0. The molecular formula is C17H25NO4. The van der Waals surface area contributed by atoms with Crippen LogP contribution in [0, 0.1) is 19.8 Å². The van der Waals surface area contributed by atoms with E-state index in [1.54, 1.807) is 7.11 Å². The Kier molecular flexibility index (Phi) is 6.40. The van der Waals surface area contributed by atoms with Crippen LogP contribution < -0.4 is 10.1 Å². The van der Waals surface area contributed by atoms with Gasteiger partial charge in [-0.3, -0.25) is 4.79 Å². The first-order valence-electron chi connectivity index (χ1n) is 7.31. The zero-order chi connectivity index (χ0) is 16.9. The highest BCUT2D eigenvalue weighted by atomic mass is 16.5. The van der Waals surface area contributed by atoms with Gasteiger partial charge in [0.05, 0.1) is 20.6 Å². The lowest BCUT2D eigenvalue weighted by molar-refractivity contribution is -0.146. The highest BCUT2D eigenvalue weighted by Gasteiger charge is 2.25. The van der Waals surface area contributed by atoms with Crippen molar-refractivity contribution in [3.63, 3.8) is 0 Å². The van der Waals surface area contributed by atoms with Gasteiger partial charge in [-0.1, -0.05) is 19.9 Å². The van der Waals surface area contributed by atoms with Gasteiger partial charge in [-0.25, -0.2) is 4.79 Å². The Hall–Kier alpha value is -2.04. The molecule has 5 heteroatoms. The van der Waals surface area contributed by atoms with Gasteiger partial charge in [0.1, 0.15) is 11.8 Å². The summed E-state index contributed by atoms with van der Waals surface area (Å²) in [6.07, 6.45) is 0.162. The Labute approximate surface area is 132 Å². The second-order valence-electron chi connectivity index (χ2n) is 5.75. The Morgan fingerprint density at radius 1 is 1.18 bits per heavy atom. The van der Waals surface area contributed by atoms with Crippen LogP contribution in [0.4, 0.5) is 0 Å². The van der Waals surface area contributed by atoms with E-state index in [2.05, 4.69) is 5.32 Å². The summed E-state index contributed by atoms with van der Waals surface area (Å²) in [5.74, 6) is -0.0190. The van der Waals surface area contributed by atoms with Crippen molar-refractivity contribution in [2.75, 3.05) is 14.2 Å². The molecule has 1 aromatic rings. The van der Waals surface area contributed by atoms with E-state index in [-0.39, 0.29) is 18.2 Å². The van der Waals surface area contributed by atoms with Crippen LogP contribution >= 0.6 is 0 Å². The van der Waals surface area contributed by atoms with Crippen molar-refractivity contribution in [1.82, 2.24) is 5.32 Å². The minimum Gasteiger partial charge on any atom is -0.496 e. The van der Waals surface area contributed by atoms with E-state index in [0.717, 1.165) is 16.7 Å². The number of hydrogen-bond donors (Lipinski definition) is 1. The zero-order valence-electron chi connectivity index (χ0n) is 14.1. The maximum absolute atomic E-state index is 12.3. The van der Waals surface area contributed by atoms with Crippen molar-refractivity contribution in [3.05, 3.63) is 28.8 Å². The molecule has 5 nitrogen and oxygen atoms in total. The molecule has 0 heterocycles. The summed E-state index contributed by atoms with van der Waals surface area (Å²) < 4.78 is 10.1. The Morgan fingerprint density at radius 3 is 2.32 bits per heavy atom. The van der Waals surface area contributed by atoms with E-state index < -0.39 is 12.0 Å². The predicted molar refractivity (Wildman–Crippen MR) is 85.0 cm³/mol. The third-order valence-electron chi connectivity index (χ3n) is 3.57. The fourth-order valence-electron chi connectivity index (χ4n) is 2.38. The molecule has 0 fully saturated rings. The molecule has 1 amide bonds. The monoisotopic (exact) mass is 307 g/mol. The number of benzene rings is 1. The van der Waals surface area contributed by atoms with Crippen LogP contribution in [0.25, 0.3) is 0 Å². The number of amides is 1. The van der Waals surface area contributed by atoms with Gasteiger partial charge in [0, 0.05) is 5.56 Å². The predicted octanol–water partition coefficient (Wildman–Crippen LogP) is 2.17. The molecule has 1 unspecified atom stereocenters. The minimum absolute atomic E-state index is 0.0441. The first-order chi connectivity index (χ1) is 10.3. The second-order valence-corrected chi connectivity index (χ2v) is 5.75. The lowest BCUT2D eigenvalue weighted by Gasteiger charge is -2.20. The standard InChI is InChI=1S/C17H25NO4/c1-10(2)16(17(20)22-6)18-15(19)9-13-12(4)7-11(3)8-14(13)21-5/h7-8,10,16H,9H2,1-6H3,(H,18,19). The molecule has 0 aliphatic carbocycles. The first kappa shape index (κ1) is 18.0. The minimum atomic E-state index is -0.644. The second kappa shape index (κ2) is 7.82. The number of nitrogens with one attached hydrogen (secondary N) is 1. The maximum Gasteiger partial charge on any atom is 0.328 e. The van der Waals surface area contributed by atoms with Crippen molar-refractivity contribution in [3.8, 4) is 5.75 Å². The fraction of sp³-hybridized carbons (Fsp3) is 0.529. The number of rotatable bonds is 6. The summed E-state index contributed by atoms with van der Waals surface area (Å²) in [5.41, 5.74) is 2.90. The summed E-state index contributed by atoms with van der Waals surface area (Å²) in [6, 6.07) is 3.26. The number of ether oxygens (including phenoxy) is 2. The van der Waals surface area contributed by atoms with Crippen molar-refractivity contribution in [2.24, 2.45) is 5.92 Å². The van der Waals surface area contributed by atoms with Gasteiger partial charge in [0.15, 0.2) is 0 Å². The van der Waals surface area contributed by atoms with E-state index in [0.29, 0.717) is 5.75 Å². The fourth-order valence-corrected chi connectivity index (χ4v) is 2.38. The largest absolute Gasteiger partial charge is 0.496 e. The van der Waals surface area contributed by atoms with E-state index in [1.807, 2.05) is 39.8 Å². The molecule has 122 valence electrons. The van der Waals surface area contributed by atoms with E-state index >= 15 is 0 Å². The number of carbonyl (C=O) groups excluding carboxylic acids is 2. The molecule has 0 saturated carbocycles. The number of methoxy groups -OCH3 is 2. The topological polar surface area (TPSA) is 64.6 Å². The molecule has 0 aliphatic rings. The van der Waals surface area contributed by atoms with Crippen LogP contribution in [0.15, 0.2) is 12.1 Å². The Balaban J connectivity index is 2.91. The van der Waals surface area contributed by atoms with Crippen LogP contribution in [0.5, 0.6) is 5.75 Å². The third-order valence-corrected chi connectivity index (χ3v) is 3.57. The highest BCUT2D eigenvalue weighted by molar-refractivity contribution is 5.86. The van der Waals surface area contributed by atoms with E-state index in [4.69, 9.17) is 9.47 Å². The van der Waals surface area contributed by atoms with Crippen LogP contribution in [-0.2, 0) is 20.7 Å². The summed E-state index contributed by atoms with van der Waals surface area (Å²) in [6.45, 7) is 7.64. The quantitative estimate of drug-likeness (QED) is 0.818. The number of aryl methyl sites for hydroxylation is 2. The number of hydrogen-bond acceptors (Lipinski definition) is 4. The van der Waals surface area contributed by atoms with Gasteiger partial charge in [-0.2, -0.15) is 0 Å².